The highest BCUT2D eigenvalue weighted by molar-refractivity contribution is 5.48. The minimum Gasteiger partial charge on any atom is -0.383 e. The average Bonchev–Trinajstić information content (AvgIpc) is 2.29. The maximum Gasteiger partial charge on any atom is 0.223 e. The minimum atomic E-state index is 0.196. The maximum atomic E-state index is 5.64. The van der Waals surface area contributed by atoms with E-state index in [0.29, 0.717) is 17.7 Å². The van der Waals surface area contributed by atoms with E-state index < -0.39 is 0 Å². The number of nitrogens with two attached hydrogens (primary N) is 2. The summed E-state index contributed by atoms with van der Waals surface area (Å²) in [5, 5.41) is 3.18. The van der Waals surface area contributed by atoms with Gasteiger partial charge in [-0.3, -0.25) is 0 Å². The van der Waals surface area contributed by atoms with Crippen LogP contribution >= 0.6 is 0 Å². The molecule has 5 N–H and O–H groups in total. The van der Waals surface area contributed by atoms with Crippen molar-refractivity contribution in [3.8, 4) is 0 Å². The Morgan fingerprint density at radius 1 is 1.35 bits per heavy atom. The fourth-order valence-electron chi connectivity index (χ4n) is 1.97. The van der Waals surface area contributed by atoms with E-state index in [4.69, 9.17) is 16.2 Å². The minimum absolute atomic E-state index is 0.196. The lowest BCUT2D eigenvalue weighted by atomic mass is 10.1. The standard InChI is InChI=1S/C11H19N5O/c12-9-7-10(16-11(13)15-9)14-5-4-8-3-1-2-6-17-8/h7-8H,1-6H2,(H5,12,13,14,15,16). The molecule has 0 saturated carbocycles. The molecule has 2 heterocycles. The molecule has 0 aliphatic carbocycles. The number of ether oxygens (including phenoxy) is 1. The Morgan fingerprint density at radius 2 is 2.24 bits per heavy atom. The Balaban J connectivity index is 1.77. The van der Waals surface area contributed by atoms with Crippen molar-refractivity contribution in [2.75, 3.05) is 29.9 Å². The molecule has 1 atom stereocenters. The van der Waals surface area contributed by atoms with Gasteiger partial charge in [-0.05, 0) is 25.7 Å². The first-order valence-corrected chi connectivity index (χ1v) is 5.99. The molecule has 1 unspecified atom stereocenters. The molecular weight excluding hydrogens is 218 g/mol. The number of nitrogens with zero attached hydrogens (tertiary/aromatic N) is 2. The van der Waals surface area contributed by atoms with Gasteiger partial charge >= 0.3 is 0 Å². The van der Waals surface area contributed by atoms with Gasteiger partial charge in [0.05, 0.1) is 6.10 Å². The van der Waals surface area contributed by atoms with Gasteiger partial charge in [0, 0.05) is 19.2 Å². The van der Waals surface area contributed by atoms with Crippen LogP contribution in [0, 0.1) is 0 Å². The largest absolute Gasteiger partial charge is 0.383 e. The van der Waals surface area contributed by atoms with Crippen molar-refractivity contribution in [1.29, 1.82) is 0 Å². The average molecular weight is 237 g/mol. The topological polar surface area (TPSA) is 99.1 Å². The SMILES string of the molecule is Nc1cc(NCCC2CCCCO2)nc(N)n1. The number of rotatable bonds is 4. The first kappa shape index (κ1) is 11.9. The van der Waals surface area contributed by atoms with Crippen molar-refractivity contribution in [2.24, 2.45) is 0 Å². The fraction of sp³-hybridized carbons (Fsp3) is 0.636. The number of hydrogen-bond donors (Lipinski definition) is 3. The Labute approximate surface area is 101 Å². The number of aromatic nitrogens is 2. The molecule has 1 fully saturated rings. The Hall–Kier alpha value is -1.56. The van der Waals surface area contributed by atoms with Crippen LogP contribution in [0.3, 0.4) is 0 Å². The second kappa shape index (κ2) is 5.67. The summed E-state index contributed by atoms with van der Waals surface area (Å²) in [5.74, 6) is 1.25. The van der Waals surface area contributed by atoms with Gasteiger partial charge in [0.15, 0.2) is 0 Å². The molecular formula is C11H19N5O. The van der Waals surface area contributed by atoms with Crippen molar-refractivity contribution >= 4 is 17.6 Å². The summed E-state index contributed by atoms with van der Waals surface area (Å²) in [6.07, 6.45) is 4.94. The van der Waals surface area contributed by atoms with Gasteiger partial charge in [0.2, 0.25) is 5.95 Å². The van der Waals surface area contributed by atoms with E-state index >= 15 is 0 Å². The summed E-state index contributed by atoms with van der Waals surface area (Å²) in [7, 11) is 0. The second-order valence-corrected chi connectivity index (χ2v) is 4.24. The number of nitrogens with one attached hydrogen (secondary N) is 1. The zero-order chi connectivity index (χ0) is 12.1. The zero-order valence-corrected chi connectivity index (χ0v) is 9.85. The Kier molecular flexibility index (Phi) is 3.98. The molecule has 0 bridgehead atoms. The van der Waals surface area contributed by atoms with Crippen molar-refractivity contribution < 1.29 is 4.74 Å². The van der Waals surface area contributed by atoms with Crippen LogP contribution in [-0.4, -0.2) is 29.2 Å². The molecule has 94 valence electrons. The molecule has 6 nitrogen and oxygen atoms in total. The summed E-state index contributed by atoms with van der Waals surface area (Å²) < 4.78 is 5.64. The fourth-order valence-corrected chi connectivity index (χ4v) is 1.97. The van der Waals surface area contributed by atoms with Gasteiger partial charge < -0.3 is 21.5 Å². The Morgan fingerprint density at radius 3 is 2.94 bits per heavy atom. The lowest BCUT2D eigenvalue weighted by molar-refractivity contribution is 0.0134. The van der Waals surface area contributed by atoms with Crippen LogP contribution in [0.25, 0.3) is 0 Å². The van der Waals surface area contributed by atoms with E-state index in [1.165, 1.54) is 12.8 Å². The lowest BCUT2D eigenvalue weighted by Crippen LogP contribution is -2.22. The predicted molar refractivity (Wildman–Crippen MR) is 67.6 cm³/mol. The molecule has 0 aromatic carbocycles. The van der Waals surface area contributed by atoms with Crippen molar-refractivity contribution in [2.45, 2.75) is 31.8 Å². The van der Waals surface area contributed by atoms with E-state index in [2.05, 4.69) is 15.3 Å². The van der Waals surface area contributed by atoms with E-state index in [0.717, 1.165) is 26.0 Å². The van der Waals surface area contributed by atoms with Crippen molar-refractivity contribution in [3.05, 3.63) is 6.07 Å². The highest BCUT2D eigenvalue weighted by Gasteiger charge is 2.13. The summed E-state index contributed by atoms with van der Waals surface area (Å²) in [5.41, 5.74) is 11.1. The quantitative estimate of drug-likeness (QED) is 0.723. The first-order valence-electron chi connectivity index (χ1n) is 5.99. The molecule has 0 spiro atoms. The summed E-state index contributed by atoms with van der Waals surface area (Å²) >= 11 is 0. The molecule has 2 rings (SSSR count). The van der Waals surface area contributed by atoms with Crippen molar-refractivity contribution in [3.63, 3.8) is 0 Å². The Bertz CT molecular complexity index is 345. The molecule has 1 aliphatic rings. The second-order valence-electron chi connectivity index (χ2n) is 4.24. The third kappa shape index (κ3) is 3.74. The molecule has 0 amide bonds. The molecule has 1 aromatic rings. The molecule has 6 heteroatoms. The summed E-state index contributed by atoms with van der Waals surface area (Å²) in [6, 6.07) is 1.68. The van der Waals surface area contributed by atoms with E-state index in [1.54, 1.807) is 6.07 Å². The van der Waals surface area contributed by atoms with Gasteiger partial charge in [0.25, 0.3) is 0 Å². The first-order chi connectivity index (χ1) is 8.24. The third-order valence-electron chi connectivity index (χ3n) is 2.81. The number of hydrogen-bond acceptors (Lipinski definition) is 6. The normalized spacial score (nSPS) is 20.1. The highest BCUT2D eigenvalue weighted by atomic mass is 16.5. The molecule has 1 saturated heterocycles. The molecule has 17 heavy (non-hydrogen) atoms. The van der Waals surface area contributed by atoms with Crippen LogP contribution in [0.4, 0.5) is 17.6 Å². The molecule has 0 radical (unpaired) electrons. The lowest BCUT2D eigenvalue weighted by Gasteiger charge is -2.22. The van der Waals surface area contributed by atoms with Gasteiger partial charge in [-0.1, -0.05) is 0 Å². The van der Waals surface area contributed by atoms with Gasteiger partial charge in [-0.25, -0.2) is 0 Å². The van der Waals surface area contributed by atoms with Crippen molar-refractivity contribution in [1.82, 2.24) is 9.97 Å². The van der Waals surface area contributed by atoms with Crippen LogP contribution in [0.15, 0.2) is 6.07 Å². The number of anilines is 3. The highest BCUT2D eigenvalue weighted by Crippen LogP contribution is 2.16. The van der Waals surface area contributed by atoms with Crippen LogP contribution in [0.5, 0.6) is 0 Å². The van der Waals surface area contributed by atoms with Gasteiger partial charge in [-0.2, -0.15) is 9.97 Å². The zero-order valence-electron chi connectivity index (χ0n) is 9.85. The maximum absolute atomic E-state index is 5.64. The van der Waals surface area contributed by atoms with Crippen LogP contribution in [0.1, 0.15) is 25.7 Å². The smallest absolute Gasteiger partial charge is 0.223 e. The van der Waals surface area contributed by atoms with E-state index in [9.17, 15) is 0 Å². The van der Waals surface area contributed by atoms with Crippen LogP contribution in [0.2, 0.25) is 0 Å². The third-order valence-corrected chi connectivity index (χ3v) is 2.81. The predicted octanol–water partition coefficient (Wildman–Crippen LogP) is 1.01. The number of nitrogen functional groups attached to an aromatic ring is 2. The summed E-state index contributed by atoms with van der Waals surface area (Å²) in [4.78, 5) is 7.86. The van der Waals surface area contributed by atoms with Crippen LogP contribution in [-0.2, 0) is 4.74 Å². The van der Waals surface area contributed by atoms with Gasteiger partial charge in [-0.15, -0.1) is 0 Å². The summed E-state index contributed by atoms with van der Waals surface area (Å²) in [6.45, 7) is 1.69. The molecule has 1 aromatic heterocycles. The monoisotopic (exact) mass is 237 g/mol. The van der Waals surface area contributed by atoms with Gasteiger partial charge in [0.1, 0.15) is 11.6 Å². The molecule has 1 aliphatic heterocycles. The van der Waals surface area contributed by atoms with Crippen LogP contribution < -0.4 is 16.8 Å². The van der Waals surface area contributed by atoms with E-state index in [-0.39, 0.29) is 5.95 Å². The van der Waals surface area contributed by atoms with E-state index in [1.807, 2.05) is 0 Å².